The summed E-state index contributed by atoms with van der Waals surface area (Å²) in [7, 11) is 1.61. The van der Waals surface area contributed by atoms with Crippen molar-refractivity contribution in [2.75, 3.05) is 18.5 Å². The van der Waals surface area contributed by atoms with Crippen molar-refractivity contribution in [3.63, 3.8) is 0 Å². The lowest BCUT2D eigenvalue weighted by Crippen LogP contribution is -2.45. The molecule has 0 aliphatic heterocycles. The molecule has 0 spiro atoms. The van der Waals surface area contributed by atoms with Gasteiger partial charge in [0.15, 0.2) is 0 Å². The normalized spacial score (nSPS) is 10.4. The Morgan fingerprint density at radius 1 is 1.25 bits per heavy atom. The van der Waals surface area contributed by atoms with Crippen LogP contribution in [0.1, 0.15) is 37.6 Å². The lowest BCUT2D eigenvalue weighted by molar-refractivity contribution is 0.0697. The Balaban J connectivity index is 3.08. The number of aromatic carboxylic acids is 1. The molecule has 1 aromatic rings. The molecule has 1 N–H and O–H groups in total. The van der Waals surface area contributed by atoms with Crippen LogP contribution in [0.25, 0.3) is 0 Å². The fraction of sp³-hybridized carbons (Fsp3) is 0.467. The standard InChI is InChI=1S/C15H22N2O3/c1-5-10-17(11(2)3)15(20)16(4)13-9-7-6-8-12(13)14(18)19/h6-9,11H,5,10H2,1-4H3,(H,18,19). The summed E-state index contributed by atoms with van der Waals surface area (Å²) in [5.74, 6) is -1.04. The molecule has 0 atom stereocenters. The van der Waals surface area contributed by atoms with Crippen LogP contribution in [0, 0.1) is 0 Å². The highest BCUT2D eigenvalue weighted by atomic mass is 16.4. The number of carboxylic acids is 1. The van der Waals surface area contributed by atoms with Gasteiger partial charge in [0.1, 0.15) is 0 Å². The number of anilines is 1. The Morgan fingerprint density at radius 2 is 1.85 bits per heavy atom. The fourth-order valence-electron chi connectivity index (χ4n) is 2.06. The van der Waals surface area contributed by atoms with E-state index in [0.717, 1.165) is 6.42 Å². The van der Waals surface area contributed by atoms with Crippen molar-refractivity contribution in [2.45, 2.75) is 33.2 Å². The molecule has 0 bridgehead atoms. The third-order valence-electron chi connectivity index (χ3n) is 3.12. The number of carbonyl (C=O) groups excluding carboxylic acids is 1. The number of carboxylic acid groups (broad SMARTS) is 1. The zero-order valence-electron chi connectivity index (χ0n) is 12.5. The molecule has 110 valence electrons. The number of rotatable bonds is 5. The minimum atomic E-state index is -1.04. The number of urea groups is 1. The molecule has 0 saturated carbocycles. The van der Waals surface area contributed by atoms with Gasteiger partial charge < -0.3 is 10.0 Å². The Kier molecular flexibility index (Phi) is 5.55. The van der Waals surface area contributed by atoms with Gasteiger partial charge in [0.05, 0.1) is 11.3 Å². The number of benzene rings is 1. The van der Waals surface area contributed by atoms with Crippen LogP contribution in [0.15, 0.2) is 24.3 Å². The van der Waals surface area contributed by atoms with Crippen molar-refractivity contribution >= 4 is 17.7 Å². The van der Waals surface area contributed by atoms with E-state index in [2.05, 4.69) is 0 Å². The summed E-state index contributed by atoms with van der Waals surface area (Å²) in [5, 5.41) is 9.20. The van der Waals surface area contributed by atoms with Crippen molar-refractivity contribution < 1.29 is 14.7 Å². The van der Waals surface area contributed by atoms with Gasteiger partial charge in [0.25, 0.3) is 0 Å². The van der Waals surface area contributed by atoms with Crippen LogP contribution >= 0.6 is 0 Å². The van der Waals surface area contributed by atoms with E-state index in [-0.39, 0.29) is 17.6 Å². The number of nitrogens with zero attached hydrogens (tertiary/aromatic N) is 2. The van der Waals surface area contributed by atoms with Crippen LogP contribution in [-0.2, 0) is 0 Å². The van der Waals surface area contributed by atoms with Gasteiger partial charge >= 0.3 is 12.0 Å². The molecule has 0 fully saturated rings. The third kappa shape index (κ3) is 3.50. The first-order valence-electron chi connectivity index (χ1n) is 6.76. The molecule has 20 heavy (non-hydrogen) atoms. The quantitative estimate of drug-likeness (QED) is 0.900. The molecule has 0 aliphatic carbocycles. The number of hydrogen-bond acceptors (Lipinski definition) is 2. The van der Waals surface area contributed by atoms with Crippen molar-refractivity contribution in [3.05, 3.63) is 29.8 Å². The van der Waals surface area contributed by atoms with E-state index in [1.165, 1.54) is 11.0 Å². The van der Waals surface area contributed by atoms with Crippen LogP contribution in [0.2, 0.25) is 0 Å². The Bertz CT molecular complexity index is 486. The molecule has 0 aromatic heterocycles. The molecule has 1 aromatic carbocycles. The molecule has 0 unspecified atom stereocenters. The van der Waals surface area contributed by atoms with Crippen LogP contribution < -0.4 is 4.90 Å². The smallest absolute Gasteiger partial charge is 0.337 e. The molecule has 0 saturated heterocycles. The van der Waals surface area contributed by atoms with Gasteiger partial charge in [-0.05, 0) is 32.4 Å². The van der Waals surface area contributed by atoms with Crippen molar-refractivity contribution in [3.8, 4) is 0 Å². The second kappa shape index (κ2) is 6.93. The SMILES string of the molecule is CCCN(C(=O)N(C)c1ccccc1C(=O)O)C(C)C. The maximum Gasteiger partial charge on any atom is 0.337 e. The van der Waals surface area contributed by atoms with Gasteiger partial charge in [-0.3, -0.25) is 4.90 Å². The number of amides is 2. The van der Waals surface area contributed by atoms with Crippen LogP contribution in [0.3, 0.4) is 0 Å². The molecule has 5 heteroatoms. The summed E-state index contributed by atoms with van der Waals surface area (Å²) in [4.78, 5) is 26.9. The second-order valence-corrected chi connectivity index (χ2v) is 4.95. The minimum absolute atomic E-state index is 0.0712. The first-order chi connectivity index (χ1) is 9.40. The molecular formula is C15H22N2O3. The predicted octanol–water partition coefficient (Wildman–Crippen LogP) is 3.06. The van der Waals surface area contributed by atoms with Crippen molar-refractivity contribution in [1.29, 1.82) is 0 Å². The Labute approximate surface area is 119 Å². The van der Waals surface area contributed by atoms with E-state index in [4.69, 9.17) is 0 Å². The Hall–Kier alpha value is -2.04. The molecule has 0 radical (unpaired) electrons. The molecule has 2 amide bonds. The topological polar surface area (TPSA) is 60.9 Å². The van der Waals surface area contributed by atoms with Gasteiger partial charge in [0.2, 0.25) is 0 Å². The van der Waals surface area contributed by atoms with Crippen LogP contribution in [0.4, 0.5) is 10.5 Å². The average molecular weight is 278 g/mol. The fourth-order valence-corrected chi connectivity index (χ4v) is 2.06. The van der Waals surface area contributed by atoms with E-state index in [9.17, 15) is 14.7 Å². The summed E-state index contributed by atoms with van der Waals surface area (Å²) in [6.45, 7) is 6.55. The van der Waals surface area contributed by atoms with Gasteiger partial charge in [0, 0.05) is 19.6 Å². The maximum atomic E-state index is 12.5. The highest BCUT2D eigenvalue weighted by Gasteiger charge is 2.23. The molecule has 1 rings (SSSR count). The molecule has 0 heterocycles. The number of carbonyl (C=O) groups is 2. The second-order valence-electron chi connectivity index (χ2n) is 4.95. The predicted molar refractivity (Wildman–Crippen MR) is 79.3 cm³/mol. The number of para-hydroxylation sites is 1. The monoisotopic (exact) mass is 278 g/mol. The lowest BCUT2D eigenvalue weighted by Gasteiger charge is -2.31. The first kappa shape index (κ1) is 16.0. The molecular weight excluding hydrogens is 256 g/mol. The van der Waals surface area contributed by atoms with E-state index < -0.39 is 5.97 Å². The van der Waals surface area contributed by atoms with Gasteiger partial charge in [-0.25, -0.2) is 9.59 Å². The number of hydrogen-bond donors (Lipinski definition) is 1. The zero-order valence-corrected chi connectivity index (χ0v) is 12.5. The highest BCUT2D eigenvalue weighted by Crippen LogP contribution is 2.21. The van der Waals surface area contributed by atoms with Crippen molar-refractivity contribution in [1.82, 2.24) is 4.90 Å². The Morgan fingerprint density at radius 3 is 2.35 bits per heavy atom. The van der Waals surface area contributed by atoms with E-state index >= 15 is 0 Å². The highest BCUT2D eigenvalue weighted by molar-refractivity contribution is 6.01. The van der Waals surface area contributed by atoms with E-state index in [1.807, 2.05) is 20.8 Å². The van der Waals surface area contributed by atoms with E-state index in [0.29, 0.717) is 12.2 Å². The van der Waals surface area contributed by atoms with Crippen LogP contribution in [-0.4, -0.2) is 41.6 Å². The van der Waals surface area contributed by atoms with E-state index in [1.54, 1.807) is 30.1 Å². The van der Waals surface area contributed by atoms with Gasteiger partial charge in [-0.2, -0.15) is 0 Å². The summed E-state index contributed by atoms with van der Waals surface area (Å²) >= 11 is 0. The first-order valence-corrected chi connectivity index (χ1v) is 6.76. The zero-order chi connectivity index (χ0) is 15.3. The summed E-state index contributed by atoms with van der Waals surface area (Å²) in [5.41, 5.74) is 0.537. The average Bonchev–Trinajstić information content (AvgIpc) is 2.42. The largest absolute Gasteiger partial charge is 0.478 e. The van der Waals surface area contributed by atoms with Crippen LogP contribution in [0.5, 0.6) is 0 Å². The molecule has 0 aliphatic rings. The summed E-state index contributed by atoms with van der Waals surface area (Å²) in [6.07, 6.45) is 0.859. The summed E-state index contributed by atoms with van der Waals surface area (Å²) < 4.78 is 0. The third-order valence-corrected chi connectivity index (χ3v) is 3.12. The maximum absolute atomic E-state index is 12.5. The van der Waals surface area contributed by atoms with Crippen molar-refractivity contribution in [2.24, 2.45) is 0 Å². The molecule has 5 nitrogen and oxygen atoms in total. The minimum Gasteiger partial charge on any atom is -0.478 e. The lowest BCUT2D eigenvalue weighted by atomic mass is 10.1. The summed E-state index contributed by atoms with van der Waals surface area (Å²) in [6, 6.07) is 6.41. The van der Waals surface area contributed by atoms with Gasteiger partial charge in [-0.1, -0.05) is 19.1 Å². The van der Waals surface area contributed by atoms with Gasteiger partial charge in [-0.15, -0.1) is 0 Å².